The number of carboxylic acids is 1. The van der Waals surface area contributed by atoms with Crippen LogP contribution < -0.4 is 10.1 Å². The van der Waals surface area contributed by atoms with Gasteiger partial charge in [-0.3, -0.25) is 4.79 Å². The standard InChI is InChI=1S/C19H20ClNO4/c1-11(2)14-8-7-13(9-12(14)3)25-10-17(22)21-16-6-4-5-15(18(16)20)19(23)24/h4-9,11H,10H2,1-3H3,(H,21,22)(H,23,24). The van der Waals surface area contributed by atoms with Crippen LogP contribution in [0.3, 0.4) is 0 Å². The predicted molar refractivity (Wildman–Crippen MR) is 97.8 cm³/mol. The molecule has 6 heteroatoms. The second-order valence-corrected chi connectivity index (χ2v) is 6.36. The van der Waals surface area contributed by atoms with Crippen molar-refractivity contribution in [1.82, 2.24) is 0 Å². The number of anilines is 1. The number of carboxylic acid groups (broad SMARTS) is 1. The number of hydrogen-bond donors (Lipinski definition) is 2. The molecule has 2 rings (SSSR count). The summed E-state index contributed by atoms with van der Waals surface area (Å²) in [7, 11) is 0. The summed E-state index contributed by atoms with van der Waals surface area (Å²) in [6.45, 7) is 6.03. The molecule has 0 spiro atoms. The number of hydrogen-bond acceptors (Lipinski definition) is 3. The van der Waals surface area contributed by atoms with Crippen LogP contribution in [0.4, 0.5) is 5.69 Å². The number of amides is 1. The number of ether oxygens (including phenoxy) is 1. The molecule has 0 heterocycles. The normalized spacial score (nSPS) is 10.6. The zero-order chi connectivity index (χ0) is 18.6. The summed E-state index contributed by atoms with van der Waals surface area (Å²) in [5.41, 5.74) is 2.50. The summed E-state index contributed by atoms with van der Waals surface area (Å²) in [6.07, 6.45) is 0. The van der Waals surface area contributed by atoms with Gasteiger partial charge in [-0.25, -0.2) is 4.79 Å². The van der Waals surface area contributed by atoms with Gasteiger partial charge in [0.05, 0.1) is 16.3 Å². The first-order valence-electron chi connectivity index (χ1n) is 7.84. The Labute approximate surface area is 151 Å². The molecule has 0 aliphatic carbocycles. The van der Waals surface area contributed by atoms with Crippen molar-refractivity contribution in [2.75, 3.05) is 11.9 Å². The molecule has 2 aromatic carbocycles. The summed E-state index contributed by atoms with van der Waals surface area (Å²) < 4.78 is 5.50. The highest BCUT2D eigenvalue weighted by molar-refractivity contribution is 6.36. The molecule has 0 bridgehead atoms. The second kappa shape index (κ2) is 8.03. The lowest BCUT2D eigenvalue weighted by Gasteiger charge is -2.13. The molecule has 0 saturated heterocycles. The van der Waals surface area contributed by atoms with E-state index in [2.05, 4.69) is 19.2 Å². The summed E-state index contributed by atoms with van der Waals surface area (Å²) >= 11 is 6.00. The van der Waals surface area contributed by atoms with Gasteiger partial charge >= 0.3 is 5.97 Å². The third-order valence-electron chi connectivity index (χ3n) is 3.74. The highest BCUT2D eigenvalue weighted by Gasteiger charge is 2.14. The lowest BCUT2D eigenvalue weighted by atomic mass is 9.98. The minimum Gasteiger partial charge on any atom is -0.484 e. The van der Waals surface area contributed by atoms with E-state index in [0.29, 0.717) is 11.7 Å². The number of aryl methyl sites for hydroxylation is 1. The number of carbonyl (C=O) groups excluding carboxylic acids is 1. The molecule has 5 nitrogen and oxygen atoms in total. The highest BCUT2D eigenvalue weighted by Crippen LogP contribution is 2.26. The maximum absolute atomic E-state index is 12.0. The van der Waals surface area contributed by atoms with Crippen molar-refractivity contribution in [3.63, 3.8) is 0 Å². The van der Waals surface area contributed by atoms with Gasteiger partial charge in [-0.05, 0) is 48.2 Å². The van der Waals surface area contributed by atoms with Crippen molar-refractivity contribution < 1.29 is 19.4 Å². The van der Waals surface area contributed by atoms with E-state index in [0.717, 1.165) is 5.56 Å². The van der Waals surface area contributed by atoms with Crippen LogP contribution in [0.5, 0.6) is 5.75 Å². The van der Waals surface area contributed by atoms with Gasteiger partial charge in [0.2, 0.25) is 0 Å². The Morgan fingerprint density at radius 2 is 1.96 bits per heavy atom. The number of aromatic carboxylic acids is 1. The molecule has 1 amide bonds. The van der Waals surface area contributed by atoms with E-state index >= 15 is 0 Å². The van der Waals surface area contributed by atoms with Crippen molar-refractivity contribution in [2.45, 2.75) is 26.7 Å². The van der Waals surface area contributed by atoms with Gasteiger partial charge in [-0.1, -0.05) is 37.6 Å². The number of benzene rings is 2. The van der Waals surface area contributed by atoms with Crippen molar-refractivity contribution in [3.8, 4) is 5.75 Å². The Kier molecular flexibility index (Phi) is 6.04. The van der Waals surface area contributed by atoms with E-state index in [9.17, 15) is 9.59 Å². The molecule has 0 aromatic heterocycles. The average Bonchev–Trinajstić information content (AvgIpc) is 2.54. The van der Waals surface area contributed by atoms with E-state index < -0.39 is 11.9 Å². The molecule has 0 radical (unpaired) electrons. The van der Waals surface area contributed by atoms with Gasteiger partial charge in [0.1, 0.15) is 5.75 Å². The summed E-state index contributed by atoms with van der Waals surface area (Å²) in [5, 5.41) is 11.6. The van der Waals surface area contributed by atoms with Crippen molar-refractivity contribution in [3.05, 3.63) is 58.1 Å². The second-order valence-electron chi connectivity index (χ2n) is 5.98. The lowest BCUT2D eigenvalue weighted by molar-refractivity contribution is -0.118. The van der Waals surface area contributed by atoms with E-state index in [4.69, 9.17) is 21.4 Å². The monoisotopic (exact) mass is 361 g/mol. The van der Waals surface area contributed by atoms with Crippen LogP contribution in [0, 0.1) is 6.92 Å². The fraction of sp³-hybridized carbons (Fsp3) is 0.263. The third-order valence-corrected chi connectivity index (χ3v) is 4.14. The average molecular weight is 362 g/mol. The molecule has 0 aliphatic rings. The molecule has 2 N–H and O–H groups in total. The van der Waals surface area contributed by atoms with Crippen LogP contribution in [0.2, 0.25) is 5.02 Å². The quantitative estimate of drug-likeness (QED) is 0.795. The summed E-state index contributed by atoms with van der Waals surface area (Å²) in [4.78, 5) is 23.1. The smallest absolute Gasteiger partial charge is 0.337 e. The van der Waals surface area contributed by atoms with Crippen molar-refractivity contribution in [1.29, 1.82) is 0 Å². The number of halogens is 1. The molecule has 0 atom stereocenters. The zero-order valence-electron chi connectivity index (χ0n) is 14.3. The van der Waals surface area contributed by atoms with E-state index in [1.54, 1.807) is 0 Å². The Hall–Kier alpha value is -2.53. The Balaban J connectivity index is 2.01. The van der Waals surface area contributed by atoms with Crippen LogP contribution in [0.15, 0.2) is 36.4 Å². The third kappa shape index (κ3) is 4.73. The maximum Gasteiger partial charge on any atom is 0.337 e. The van der Waals surface area contributed by atoms with Gasteiger partial charge in [-0.15, -0.1) is 0 Å². The Morgan fingerprint density at radius 1 is 1.24 bits per heavy atom. The molecule has 0 saturated carbocycles. The zero-order valence-corrected chi connectivity index (χ0v) is 15.1. The molecular weight excluding hydrogens is 342 g/mol. The molecule has 2 aromatic rings. The van der Waals surface area contributed by atoms with Crippen molar-refractivity contribution >= 4 is 29.2 Å². The highest BCUT2D eigenvalue weighted by atomic mass is 35.5. The largest absolute Gasteiger partial charge is 0.484 e. The van der Waals surface area contributed by atoms with E-state index in [-0.39, 0.29) is 22.9 Å². The van der Waals surface area contributed by atoms with Crippen LogP contribution in [-0.4, -0.2) is 23.6 Å². The Bertz CT molecular complexity index is 802. The topological polar surface area (TPSA) is 75.6 Å². The van der Waals surface area contributed by atoms with Gasteiger partial charge in [0.15, 0.2) is 6.61 Å². The fourth-order valence-corrected chi connectivity index (χ4v) is 2.77. The SMILES string of the molecule is Cc1cc(OCC(=O)Nc2cccc(C(=O)O)c2Cl)ccc1C(C)C. The van der Waals surface area contributed by atoms with E-state index in [1.165, 1.54) is 23.8 Å². The van der Waals surface area contributed by atoms with E-state index in [1.807, 2.05) is 25.1 Å². The molecule has 0 aliphatic heterocycles. The number of carbonyl (C=O) groups is 2. The first-order valence-corrected chi connectivity index (χ1v) is 8.22. The van der Waals surface area contributed by atoms with Crippen molar-refractivity contribution in [2.24, 2.45) is 0 Å². The van der Waals surface area contributed by atoms with Gasteiger partial charge in [0.25, 0.3) is 5.91 Å². The fourth-order valence-electron chi connectivity index (χ4n) is 2.51. The minimum atomic E-state index is -1.15. The van der Waals surface area contributed by atoms with Crippen LogP contribution >= 0.6 is 11.6 Å². The molecule has 0 unspecified atom stereocenters. The molecule has 25 heavy (non-hydrogen) atoms. The number of rotatable bonds is 6. The molecular formula is C19H20ClNO4. The van der Waals surface area contributed by atoms with Crippen LogP contribution in [-0.2, 0) is 4.79 Å². The maximum atomic E-state index is 12.0. The van der Waals surface area contributed by atoms with Gasteiger partial charge < -0.3 is 15.2 Å². The molecule has 132 valence electrons. The lowest BCUT2D eigenvalue weighted by Crippen LogP contribution is -2.20. The minimum absolute atomic E-state index is 0.0134. The summed E-state index contributed by atoms with van der Waals surface area (Å²) in [6, 6.07) is 10.1. The first kappa shape index (κ1) is 18.8. The van der Waals surface area contributed by atoms with Gasteiger partial charge in [-0.2, -0.15) is 0 Å². The predicted octanol–water partition coefficient (Wildman–Crippen LogP) is 4.49. The van der Waals surface area contributed by atoms with Gasteiger partial charge in [0, 0.05) is 0 Å². The first-order chi connectivity index (χ1) is 11.8. The number of nitrogens with one attached hydrogen (secondary N) is 1. The van der Waals surface area contributed by atoms with Crippen LogP contribution in [0.1, 0.15) is 41.3 Å². The summed E-state index contributed by atoms with van der Waals surface area (Å²) in [5.74, 6) is -0.559. The van der Waals surface area contributed by atoms with Crippen LogP contribution in [0.25, 0.3) is 0 Å². The Morgan fingerprint density at radius 3 is 2.56 bits per heavy atom. The molecule has 0 fully saturated rings.